The fraction of sp³-hybridized carbons (Fsp3) is 0.600. The predicted molar refractivity (Wildman–Crippen MR) is 50.1 cm³/mol. The summed E-state index contributed by atoms with van der Waals surface area (Å²) in [4.78, 5) is 11.2. The second kappa shape index (κ2) is 2.82. The van der Waals surface area contributed by atoms with Crippen molar-refractivity contribution in [2.75, 3.05) is 0 Å². The zero-order valence-corrected chi connectivity index (χ0v) is 8.65. The molecule has 82 valence electrons. The first-order valence-electron chi connectivity index (χ1n) is 4.79. The van der Waals surface area contributed by atoms with Crippen LogP contribution < -0.4 is 0 Å². The molecule has 0 saturated carbocycles. The van der Waals surface area contributed by atoms with Gasteiger partial charge < -0.3 is 14.7 Å². The third-order valence-corrected chi connectivity index (χ3v) is 3.28. The van der Waals surface area contributed by atoms with Gasteiger partial charge in [-0.3, -0.25) is 0 Å². The van der Waals surface area contributed by atoms with Crippen molar-refractivity contribution < 1.29 is 19.5 Å². The Bertz CT molecular complexity index is 409. The van der Waals surface area contributed by atoms with Crippen LogP contribution in [0.1, 0.15) is 31.6 Å². The molecule has 0 radical (unpaired) electrons. The smallest absolute Gasteiger partial charge is 0.344 e. The standard InChI is InChI=1S/C10H13NO4/c1-9(2)4-3-6-5-11-15-7(6)10(9,14)8(12)13/h5,14H,3-4H2,1-2H3,(H,12,13). The van der Waals surface area contributed by atoms with Crippen molar-refractivity contribution in [1.82, 2.24) is 5.16 Å². The molecule has 1 aliphatic carbocycles. The van der Waals surface area contributed by atoms with Crippen LogP contribution in [-0.4, -0.2) is 21.3 Å². The normalized spacial score (nSPS) is 28.5. The molecule has 0 amide bonds. The van der Waals surface area contributed by atoms with Crippen molar-refractivity contribution >= 4 is 5.97 Å². The summed E-state index contributed by atoms with van der Waals surface area (Å²) < 4.78 is 4.89. The van der Waals surface area contributed by atoms with E-state index >= 15 is 0 Å². The molecule has 1 aromatic rings. The van der Waals surface area contributed by atoms with E-state index in [0.717, 1.165) is 0 Å². The second-order valence-corrected chi connectivity index (χ2v) is 4.58. The lowest BCUT2D eigenvalue weighted by Crippen LogP contribution is -2.51. The highest BCUT2D eigenvalue weighted by Crippen LogP contribution is 2.48. The number of aromatic nitrogens is 1. The molecule has 0 aliphatic heterocycles. The Hall–Kier alpha value is -1.36. The number of carboxylic acids is 1. The average Bonchev–Trinajstić information content (AvgIpc) is 2.60. The molecule has 5 nitrogen and oxygen atoms in total. The molecule has 15 heavy (non-hydrogen) atoms. The SMILES string of the molecule is CC1(C)CCc2cnoc2C1(O)C(=O)O. The summed E-state index contributed by atoms with van der Waals surface area (Å²) in [7, 11) is 0. The van der Waals surface area contributed by atoms with Gasteiger partial charge in [0.2, 0.25) is 5.60 Å². The van der Waals surface area contributed by atoms with E-state index in [4.69, 9.17) is 9.63 Å². The number of aryl methyl sites for hydroxylation is 1. The van der Waals surface area contributed by atoms with Crippen LogP contribution in [0.2, 0.25) is 0 Å². The van der Waals surface area contributed by atoms with Crippen LogP contribution in [0.15, 0.2) is 10.7 Å². The fourth-order valence-corrected chi connectivity index (χ4v) is 2.06. The monoisotopic (exact) mass is 211 g/mol. The molecule has 0 aromatic carbocycles. The zero-order valence-electron chi connectivity index (χ0n) is 8.65. The maximum Gasteiger partial charge on any atom is 0.344 e. The Labute approximate surface area is 86.7 Å². The van der Waals surface area contributed by atoms with Crippen LogP contribution in [-0.2, 0) is 16.8 Å². The van der Waals surface area contributed by atoms with Crippen molar-refractivity contribution in [3.05, 3.63) is 17.5 Å². The fourth-order valence-electron chi connectivity index (χ4n) is 2.06. The molecule has 0 fully saturated rings. The van der Waals surface area contributed by atoms with Crippen molar-refractivity contribution in [2.24, 2.45) is 5.41 Å². The quantitative estimate of drug-likeness (QED) is 0.721. The molecule has 5 heteroatoms. The summed E-state index contributed by atoms with van der Waals surface area (Å²) in [6, 6.07) is 0. The number of aliphatic hydroxyl groups is 1. The summed E-state index contributed by atoms with van der Waals surface area (Å²) >= 11 is 0. The Morgan fingerprint density at radius 1 is 1.60 bits per heavy atom. The van der Waals surface area contributed by atoms with Crippen molar-refractivity contribution in [2.45, 2.75) is 32.3 Å². The minimum Gasteiger partial charge on any atom is -0.479 e. The Morgan fingerprint density at radius 3 is 2.87 bits per heavy atom. The molecule has 0 bridgehead atoms. The van der Waals surface area contributed by atoms with Gasteiger partial charge in [0, 0.05) is 11.0 Å². The van der Waals surface area contributed by atoms with Gasteiger partial charge in [-0.15, -0.1) is 0 Å². The first-order valence-corrected chi connectivity index (χ1v) is 4.79. The van der Waals surface area contributed by atoms with Crippen LogP contribution in [0.25, 0.3) is 0 Å². The van der Waals surface area contributed by atoms with E-state index in [0.29, 0.717) is 18.4 Å². The van der Waals surface area contributed by atoms with Gasteiger partial charge in [0.15, 0.2) is 5.76 Å². The molecule has 1 atom stereocenters. The van der Waals surface area contributed by atoms with E-state index in [1.54, 1.807) is 13.8 Å². The maximum atomic E-state index is 11.2. The van der Waals surface area contributed by atoms with Gasteiger partial charge in [0.05, 0.1) is 6.20 Å². The van der Waals surface area contributed by atoms with Crippen molar-refractivity contribution in [3.8, 4) is 0 Å². The molecule has 0 saturated heterocycles. The molecule has 1 aromatic heterocycles. The number of carbonyl (C=O) groups is 1. The van der Waals surface area contributed by atoms with Crippen LogP contribution in [0, 0.1) is 5.41 Å². The predicted octanol–water partition coefficient (Wildman–Crippen LogP) is 0.919. The van der Waals surface area contributed by atoms with Gasteiger partial charge >= 0.3 is 5.97 Å². The zero-order chi connectivity index (χ0) is 11.3. The number of hydrogen-bond acceptors (Lipinski definition) is 4. The van der Waals surface area contributed by atoms with Gasteiger partial charge in [0.25, 0.3) is 0 Å². The van der Waals surface area contributed by atoms with Gasteiger partial charge in [-0.05, 0) is 12.8 Å². The van der Waals surface area contributed by atoms with Gasteiger partial charge in [-0.25, -0.2) is 4.79 Å². The molecule has 1 unspecified atom stereocenters. The molecule has 1 aliphatic rings. The summed E-state index contributed by atoms with van der Waals surface area (Å²) in [6.45, 7) is 3.43. The minimum absolute atomic E-state index is 0.0752. The lowest BCUT2D eigenvalue weighted by Gasteiger charge is -2.40. The molecule has 2 N–H and O–H groups in total. The first-order chi connectivity index (χ1) is 6.89. The van der Waals surface area contributed by atoms with E-state index < -0.39 is 17.0 Å². The highest BCUT2D eigenvalue weighted by atomic mass is 16.5. The highest BCUT2D eigenvalue weighted by molar-refractivity contribution is 5.80. The Balaban J connectivity index is 2.64. The maximum absolute atomic E-state index is 11.2. The van der Waals surface area contributed by atoms with E-state index in [1.165, 1.54) is 6.20 Å². The van der Waals surface area contributed by atoms with E-state index in [-0.39, 0.29) is 5.76 Å². The van der Waals surface area contributed by atoms with Crippen LogP contribution in [0.4, 0.5) is 0 Å². The molecule has 0 spiro atoms. The van der Waals surface area contributed by atoms with E-state index in [2.05, 4.69) is 5.16 Å². The first kappa shape index (κ1) is 10.2. The Morgan fingerprint density at radius 2 is 2.27 bits per heavy atom. The third kappa shape index (κ3) is 1.13. The lowest BCUT2D eigenvalue weighted by molar-refractivity contribution is -0.182. The average molecular weight is 211 g/mol. The second-order valence-electron chi connectivity index (χ2n) is 4.58. The largest absolute Gasteiger partial charge is 0.479 e. The topological polar surface area (TPSA) is 83.6 Å². The number of carboxylic acid groups (broad SMARTS) is 1. The van der Waals surface area contributed by atoms with Crippen LogP contribution in [0.5, 0.6) is 0 Å². The summed E-state index contributed by atoms with van der Waals surface area (Å²) in [5.41, 5.74) is -2.05. The van der Waals surface area contributed by atoms with Crippen LogP contribution >= 0.6 is 0 Å². The number of fused-ring (bicyclic) bond motifs is 1. The van der Waals surface area contributed by atoms with Gasteiger partial charge in [-0.2, -0.15) is 0 Å². The van der Waals surface area contributed by atoms with Gasteiger partial charge in [0.1, 0.15) is 0 Å². The minimum atomic E-state index is -1.98. The summed E-state index contributed by atoms with van der Waals surface area (Å²) in [6.07, 6.45) is 2.74. The molecular formula is C10H13NO4. The van der Waals surface area contributed by atoms with Crippen molar-refractivity contribution in [3.63, 3.8) is 0 Å². The highest BCUT2D eigenvalue weighted by Gasteiger charge is 2.57. The number of nitrogens with zero attached hydrogens (tertiary/aromatic N) is 1. The third-order valence-electron chi connectivity index (χ3n) is 3.28. The van der Waals surface area contributed by atoms with E-state index in [1.807, 2.05) is 0 Å². The van der Waals surface area contributed by atoms with E-state index in [9.17, 15) is 9.90 Å². The number of rotatable bonds is 1. The summed E-state index contributed by atoms with van der Waals surface area (Å²) in [5, 5.41) is 23.0. The number of aliphatic carboxylic acids is 1. The molecular weight excluding hydrogens is 198 g/mol. The molecule has 2 rings (SSSR count). The number of hydrogen-bond donors (Lipinski definition) is 2. The van der Waals surface area contributed by atoms with Gasteiger partial charge in [-0.1, -0.05) is 19.0 Å². The summed E-state index contributed by atoms with van der Waals surface area (Å²) in [5.74, 6) is -1.21. The van der Waals surface area contributed by atoms with Crippen LogP contribution in [0.3, 0.4) is 0 Å². The van der Waals surface area contributed by atoms with Crippen molar-refractivity contribution in [1.29, 1.82) is 0 Å². The molecule has 1 heterocycles. The Kier molecular flexibility index (Phi) is 1.91. The lowest BCUT2D eigenvalue weighted by atomic mass is 9.65.